The lowest BCUT2D eigenvalue weighted by molar-refractivity contribution is 0.102. The van der Waals surface area contributed by atoms with E-state index in [-0.39, 0.29) is 17.0 Å². The summed E-state index contributed by atoms with van der Waals surface area (Å²) in [5.74, 6) is -1.88. The maximum absolute atomic E-state index is 14.2. The van der Waals surface area contributed by atoms with E-state index in [1.807, 2.05) is 0 Å². The minimum atomic E-state index is -3.42. The first-order chi connectivity index (χ1) is 15.6. The number of hydrogen-bond acceptors (Lipinski definition) is 3. The third-order valence-corrected chi connectivity index (χ3v) is 6.68. The Morgan fingerprint density at radius 2 is 1.79 bits per heavy atom. The summed E-state index contributed by atoms with van der Waals surface area (Å²) >= 11 is 3.35. The average Bonchev–Trinajstić information content (AvgIpc) is 3.16. The second-order valence-electron chi connectivity index (χ2n) is 7.30. The van der Waals surface area contributed by atoms with E-state index in [4.69, 9.17) is 0 Å². The van der Waals surface area contributed by atoms with Crippen molar-refractivity contribution in [1.29, 1.82) is 0 Å². The van der Waals surface area contributed by atoms with Crippen LogP contribution in [-0.4, -0.2) is 25.1 Å². The van der Waals surface area contributed by atoms with E-state index >= 15 is 0 Å². The Labute approximate surface area is 197 Å². The number of amides is 1. The summed E-state index contributed by atoms with van der Waals surface area (Å²) in [5, 5.41) is 3.48. The summed E-state index contributed by atoms with van der Waals surface area (Å²) in [5.41, 5.74) is 2.29. The van der Waals surface area contributed by atoms with Crippen molar-refractivity contribution in [2.45, 2.75) is 6.92 Å². The first-order valence-corrected chi connectivity index (χ1v) is 12.3. The minimum Gasteiger partial charge on any atom is -0.350 e. The van der Waals surface area contributed by atoms with Gasteiger partial charge in [0.15, 0.2) is 0 Å². The molecule has 33 heavy (non-hydrogen) atoms. The second kappa shape index (κ2) is 8.95. The fourth-order valence-corrected chi connectivity index (χ4v) is 4.43. The van der Waals surface area contributed by atoms with Gasteiger partial charge in [0.25, 0.3) is 5.91 Å². The number of aromatic amines is 1. The van der Waals surface area contributed by atoms with Gasteiger partial charge >= 0.3 is 0 Å². The summed E-state index contributed by atoms with van der Waals surface area (Å²) in [7, 11) is -3.42. The molecule has 0 aliphatic rings. The van der Waals surface area contributed by atoms with Gasteiger partial charge in [-0.25, -0.2) is 17.2 Å². The smallest absolute Gasteiger partial charge is 0.272 e. The third-order valence-electron chi connectivity index (χ3n) is 4.92. The highest BCUT2D eigenvalue weighted by Gasteiger charge is 2.14. The molecule has 1 amide bonds. The van der Waals surface area contributed by atoms with Crippen molar-refractivity contribution in [2.24, 2.45) is 0 Å². The lowest BCUT2D eigenvalue weighted by atomic mass is 10.0. The highest BCUT2D eigenvalue weighted by molar-refractivity contribution is 9.10. The average molecular weight is 534 g/mol. The van der Waals surface area contributed by atoms with Crippen molar-refractivity contribution in [1.82, 2.24) is 4.98 Å². The SMILES string of the molecule is CCS(=O)(=O)Nc1ccc2cc(C(=O)Nc3cc(Br)cc(-c4ccc(F)cc4F)c3)[nH]c2c1. The van der Waals surface area contributed by atoms with Gasteiger partial charge in [-0.15, -0.1) is 0 Å². The standard InChI is InChI=1S/C23H18BrF2N3O3S/c1-2-33(31,32)29-17-5-3-13-9-22(28-21(13)12-17)23(30)27-18-8-14(7-15(24)10-18)19-6-4-16(25)11-20(19)26/h3-12,28-29H,2H2,1H3,(H,27,30). The quantitative estimate of drug-likeness (QED) is 0.288. The fourth-order valence-electron chi connectivity index (χ4n) is 3.30. The van der Waals surface area contributed by atoms with Crippen LogP contribution in [0, 0.1) is 11.6 Å². The molecule has 0 spiro atoms. The van der Waals surface area contributed by atoms with Crippen LogP contribution in [0.5, 0.6) is 0 Å². The second-order valence-corrected chi connectivity index (χ2v) is 10.2. The number of hydrogen-bond donors (Lipinski definition) is 3. The number of H-pyrrole nitrogens is 1. The minimum absolute atomic E-state index is 0.0557. The Bertz CT molecular complexity index is 1490. The number of rotatable bonds is 6. The van der Waals surface area contributed by atoms with Crippen LogP contribution >= 0.6 is 15.9 Å². The molecule has 3 N–H and O–H groups in total. The number of fused-ring (bicyclic) bond motifs is 1. The highest BCUT2D eigenvalue weighted by Crippen LogP contribution is 2.30. The van der Waals surface area contributed by atoms with Gasteiger partial charge in [-0.05, 0) is 61.0 Å². The maximum atomic E-state index is 14.2. The number of carbonyl (C=O) groups excluding carboxylic acids is 1. The Hall–Kier alpha value is -3.24. The van der Waals surface area contributed by atoms with Crippen molar-refractivity contribution in [2.75, 3.05) is 15.8 Å². The Balaban J connectivity index is 1.60. The van der Waals surface area contributed by atoms with Crippen molar-refractivity contribution in [3.8, 4) is 11.1 Å². The third kappa shape index (κ3) is 5.23. The van der Waals surface area contributed by atoms with Crippen LogP contribution in [-0.2, 0) is 10.0 Å². The zero-order chi connectivity index (χ0) is 23.8. The lowest BCUT2D eigenvalue weighted by Crippen LogP contribution is -2.14. The molecule has 0 aliphatic heterocycles. The van der Waals surface area contributed by atoms with Gasteiger partial charge in [0, 0.05) is 32.7 Å². The van der Waals surface area contributed by atoms with Gasteiger partial charge in [-0.3, -0.25) is 9.52 Å². The van der Waals surface area contributed by atoms with Gasteiger partial charge in [-0.2, -0.15) is 0 Å². The molecule has 0 saturated carbocycles. The molecule has 0 unspecified atom stereocenters. The first-order valence-electron chi connectivity index (χ1n) is 9.84. The predicted octanol–water partition coefficient (Wildman–Crippen LogP) is 5.89. The van der Waals surface area contributed by atoms with Crippen molar-refractivity contribution < 1.29 is 22.0 Å². The zero-order valence-corrected chi connectivity index (χ0v) is 19.6. The highest BCUT2D eigenvalue weighted by atomic mass is 79.9. The van der Waals surface area contributed by atoms with Crippen LogP contribution in [0.15, 0.2) is 65.1 Å². The topological polar surface area (TPSA) is 91.1 Å². The van der Waals surface area contributed by atoms with Crippen LogP contribution in [0.25, 0.3) is 22.0 Å². The van der Waals surface area contributed by atoms with Crippen molar-refractivity contribution >= 4 is 54.1 Å². The van der Waals surface area contributed by atoms with Crippen LogP contribution in [0.3, 0.4) is 0 Å². The normalized spacial score (nSPS) is 11.5. The van der Waals surface area contributed by atoms with Crippen LogP contribution in [0.4, 0.5) is 20.2 Å². The van der Waals surface area contributed by atoms with Crippen LogP contribution < -0.4 is 10.0 Å². The van der Waals surface area contributed by atoms with Gasteiger partial charge < -0.3 is 10.3 Å². The Morgan fingerprint density at radius 3 is 2.52 bits per heavy atom. The number of anilines is 2. The molecule has 4 rings (SSSR count). The van der Waals surface area contributed by atoms with Gasteiger partial charge in [0.05, 0.1) is 11.4 Å². The molecular weight excluding hydrogens is 516 g/mol. The molecule has 10 heteroatoms. The van der Waals surface area contributed by atoms with E-state index in [9.17, 15) is 22.0 Å². The summed E-state index contributed by atoms with van der Waals surface area (Å²) in [6, 6.07) is 14.8. The number of sulfonamides is 1. The molecule has 0 radical (unpaired) electrons. The molecule has 170 valence electrons. The molecule has 0 aliphatic carbocycles. The molecule has 6 nitrogen and oxygen atoms in total. The summed E-state index contributed by atoms with van der Waals surface area (Å²) in [4.78, 5) is 15.8. The number of benzene rings is 3. The molecule has 0 saturated heterocycles. The largest absolute Gasteiger partial charge is 0.350 e. The summed E-state index contributed by atoms with van der Waals surface area (Å²) in [6.07, 6.45) is 0. The molecule has 4 aromatic rings. The molecule has 1 aromatic heterocycles. The summed E-state index contributed by atoms with van der Waals surface area (Å²) in [6.45, 7) is 1.54. The monoisotopic (exact) mass is 533 g/mol. The molecule has 0 fully saturated rings. The van der Waals surface area contributed by atoms with E-state index in [2.05, 4.69) is 31.0 Å². The molecule has 3 aromatic carbocycles. The zero-order valence-electron chi connectivity index (χ0n) is 17.2. The number of nitrogens with one attached hydrogen (secondary N) is 3. The number of halogens is 3. The van der Waals surface area contributed by atoms with E-state index in [1.165, 1.54) is 13.0 Å². The van der Waals surface area contributed by atoms with E-state index in [0.717, 1.165) is 17.5 Å². The molecular formula is C23H18BrF2N3O3S. The Kier molecular flexibility index (Phi) is 6.22. The molecule has 0 atom stereocenters. The van der Waals surface area contributed by atoms with Crippen molar-refractivity contribution in [3.05, 3.63) is 82.5 Å². The van der Waals surface area contributed by atoms with Crippen LogP contribution in [0.1, 0.15) is 17.4 Å². The predicted molar refractivity (Wildman–Crippen MR) is 129 cm³/mol. The first kappa shape index (κ1) is 22.9. The van der Waals surface area contributed by atoms with Gasteiger partial charge in [0.2, 0.25) is 10.0 Å². The van der Waals surface area contributed by atoms with E-state index < -0.39 is 27.6 Å². The van der Waals surface area contributed by atoms with E-state index in [1.54, 1.807) is 42.5 Å². The van der Waals surface area contributed by atoms with Crippen LogP contribution in [0.2, 0.25) is 0 Å². The lowest BCUT2D eigenvalue weighted by Gasteiger charge is -2.09. The van der Waals surface area contributed by atoms with E-state index in [0.29, 0.717) is 26.9 Å². The fraction of sp³-hybridized carbons (Fsp3) is 0.0870. The van der Waals surface area contributed by atoms with Crippen molar-refractivity contribution in [3.63, 3.8) is 0 Å². The number of aromatic nitrogens is 1. The summed E-state index contributed by atoms with van der Waals surface area (Å²) < 4.78 is 54.1. The Morgan fingerprint density at radius 1 is 1.00 bits per heavy atom. The van der Waals surface area contributed by atoms with Gasteiger partial charge in [0.1, 0.15) is 17.3 Å². The number of carbonyl (C=O) groups is 1. The maximum Gasteiger partial charge on any atom is 0.272 e. The molecule has 0 bridgehead atoms. The van der Waals surface area contributed by atoms with Gasteiger partial charge in [-0.1, -0.05) is 22.0 Å². The molecule has 1 heterocycles.